The lowest BCUT2D eigenvalue weighted by Gasteiger charge is -2.32. The molecule has 2 unspecified atom stereocenters. The van der Waals surface area contributed by atoms with E-state index in [9.17, 15) is 24.6 Å². The molecule has 2 N–H and O–H groups in total. The van der Waals surface area contributed by atoms with E-state index in [1.165, 1.54) is 24.3 Å². The number of hydrogen-bond donors (Lipinski definition) is 2. The molecule has 1 aromatic rings. The van der Waals surface area contributed by atoms with Crippen LogP contribution in [-0.2, 0) is 19.1 Å². The number of ether oxygens (including phenoxy) is 1. The number of carbonyl (C=O) groups is 3. The van der Waals surface area contributed by atoms with Crippen LogP contribution in [0.1, 0.15) is 18.4 Å². The van der Waals surface area contributed by atoms with Gasteiger partial charge < -0.3 is 14.9 Å². The molecule has 0 radical (unpaired) electrons. The van der Waals surface area contributed by atoms with Gasteiger partial charge in [-0.3, -0.25) is 14.4 Å². The van der Waals surface area contributed by atoms with Crippen molar-refractivity contribution in [2.75, 3.05) is 0 Å². The Bertz CT molecular complexity index is 687. The molecule has 1 fully saturated rings. The van der Waals surface area contributed by atoms with Crippen molar-refractivity contribution in [3.8, 4) is 11.5 Å². The number of hydrogen-bond acceptors (Lipinski definition) is 6. The Morgan fingerprint density at radius 1 is 1.10 bits per heavy atom. The highest BCUT2D eigenvalue weighted by Crippen LogP contribution is 2.35. The topological polar surface area (TPSA) is 101 Å². The molecule has 0 amide bonds. The summed E-state index contributed by atoms with van der Waals surface area (Å²) in [5.41, 5.74) is 0.391. The van der Waals surface area contributed by atoms with Crippen LogP contribution in [0, 0.1) is 5.92 Å². The molecule has 0 saturated heterocycles. The van der Waals surface area contributed by atoms with Crippen LogP contribution in [0.5, 0.6) is 11.5 Å². The molecule has 0 spiro atoms. The van der Waals surface area contributed by atoms with E-state index in [2.05, 4.69) is 0 Å². The summed E-state index contributed by atoms with van der Waals surface area (Å²) >= 11 is 0. The fourth-order valence-electron chi connectivity index (χ4n) is 2.62. The molecule has 0 aromatic heterocycles. The fourth-order valence-corrected chi connectivity index (χ4v) is 2.62. The van der Waals surface area contributed by atoms with Gasteiger partial charge in [0.05, 0.1) is 6.42 Å². The molecule has 6 heteroatoms. The Morgan fingerprint density at radius 3 is 2.57 bits per heavy atom. The van der Waals surface area contributed by atoms with Gasteiger partial charge in [-0.2, -0.15) is 0 Å². The van der Waals surface area contributed by atoms with Crippen LogP contribution >= 0.6 is 0 Å². The number of phenols is 2. The van der Waals surface area contributed by atoms with Crippen LogP contribution in [-0.4, -0.2) is 33.7 Å². The Morgan fingerprint density at radius 2 is 1.86 bits per heavy atom. The predicted octanol–water partition coefficient (Wildman–Crippen LogP) is 0.955. The molecule has 1 heterocycles. The number of fused-ring (bicyclic) bond motifs is 1. The van der Waals surface area contributed by atoms with Crippen molar-refractivity contribution in [3.05, 3.63) is 29.8 Å². The largest absolute Gasteiger partial charge is 0.504 e. The first-order valence-corrected chi connectivity index (χ1v) is 6.44. The van der Waals surface area contributed by atoms with Gasteiger partial charge in [0.2, 0.25) is 0 Å². The van der Waals surface area contributed by atoms with Gasteiger partial charge >= 0.3 is 0 Å². The summed E-state index contributed by atoms with van der Waals surface area (Å²) in [4.78, 5) is 35.3. The van der Waals surface area contributed by atoms with Crippen molar-refractivity contribution < 1.29 is 29.3 Å². The quantitative estimate of drug-likeness (QED) is 0.589. The lowest BCUT2D eigenvalue weighted by Crippen LogP contribution is -2.44. The number of ketones is 3. The minimum atomic E-state index is -0.919. The number of carbonyl (C=O) groups excluding carboxylic acids is 3. The van der Waals surface area contributed by atoms with Gasteiger partial charge in [0.1, 0.15) is 23.6 Å². The second kappa shape index (κ2) is 4.73. The predicted molar refractivity (Wildman–Crippen MR) is 70.4 cm³/mol. The van der Waals surface area contributed by atoms with Crippen molar-refractivity contribution in [3.63, 3.8) is 0 Å². The van der Waals surface area contributed by atoms with Crippen LogP contribution in [0.15, 0.2) is 24.3 Å². The first kappa shape index (κ1) is 13.4. The number of rotatable bonds is 1. The molecule has 1 saturated carbocycles. The molecule has 108 valence electrons. The molecular formula is C15H12O6. The van der Waals surface area contributed by atoms with Gasteiger partial charge in [0.15, 0.2) is 23.1 Å². The maximum atomic E-state index is 12.1. The van der Waals surface area contributed by atoms with E-state index in [0.29, 0.717) is 5.56 Å². The summed E-state index contributed by atoms with van der Waals surface area (Å²) in [5.74, 6) is -2.43. The van der Waals surface area contributed by atoms with Crippen LogP contribution in [0.4, 0.5) is 0 Å². The molecule has 3 rings (SSSR count). The molecule has 1 aromatic carbocycles. The average molecular weight is 288 g/mol. The second-order valence-corrected chi connectivity index (χ2v) is 5.13. The van der Waals surface area contributed by atoms with Gasteiger partial charge in [-0.15, -0.1) is 0 Å². The monoisotopic (exact) mass is 288 g/mol. The first-order chi connectivity index (χ1) is 9.95. The maximum absolute atomic E-state index is 12.1. The van der Waals surface area contributed by atoms with Gasteiger partial charge in [-0.25, -0.2) is 0 Å². The maximum Gasteiger partial charge on any atom is 0.173 e. The summed E-state index contributed by atoms with van der Waals surface area (Å²) in [6.45, 7) is 0. The lowest BCUT2D eigenvalue weighted by molar-refractivity contribution is -0.143. The first-order valence-electron chi connectivity index (χ1n) is 6.44. The van der Waals surface area contributed by atoms with E-state index in [-0.39, 0.29) is 35.9 Å². The van der Waals surface area contributed by atoms with Gasteiger partial charge in [0, 0.05) is 18.1 Å². The highest BCUT2D eigenvalue weighted by molar-refractivity contribution is 6.17. The Kier molecular flexibility index (Phi) is 3.01. The van der Waals surface area contributed by atoms with Gasteiger partial charge in [0.25, 0.3) is 0 Å². The lowest BCUT2D eigenvalue weighted by atomic mass is 9.80. The minimum absolute atomic E-state index is 0.0174. The van der Waals surface area contributed by atoms with Crippen molar-refractivity contribution in [2.24, 2.45) is 5.92 Å². The van der Waals surface area contributed by atoms with E-state index in [0.717, 1.165) is 0 Å². The molecular weight excluding hydrogens is 276 g/mol. The van der Waals surface area contributed by atoms with Crippen molar-refractivity contribution >= 4 is 23.1 Å². The third-order valence-electron chi connectivity index (χ3n) is 3.64. The highest BCUT2D eigenvalue weighted by atomic mass is 16.5. The molecule has 1 aliphatic carbocycles. The fraction of sp³-hybridized carbons (Fsp3) is 0.267. The zero-order chi connectivity index (χ0) is 15.1. The van der Waals surface area contributed by atoms with Gasteiger partial charge in [-0.1, -0.05) is 0 Å². The zero-order valence-electron chi connectivity index (χ0n) is 10.9. The normalized spacial score (nSPS) is 25.1. The third-order valence-corrected chi connectivity index (χ3v) is 3.64. The second-order valence-electron chi connectivity index (χ2n) is 5.13. The van der Waals surface area contributed by atoms with Crippen molar-refractivity contribution in [1.82, 2.24) is 0 Å². The standard InChI is InChI=1S/C15H12O6/c16-8-4-11(19)15-12(20)6-13(21-14(15)5-8)7-1-2-9(17)10(18)3-7/h1-3,6,14-15,17-18H,4-5H2. The van der Waals surface area contributed by atoms with E-state index in [1.54, 1.807) is 0 Å². The van der Waals surface area contributed by atoms with Crippen LogP contribution in [0.3, 0.4) is 0 Å². The molecule has 6 nitrogen and oxygen atoms in total. The highest BCUT2D eigenvalue weighted by Gasteiger charge is 2.44. The zero-order valence-corrected chi connectivity index (χ0v) is 10.9. The molecule has 2 aliphatic rings. The summed E-state index contributed by atoms with van der Waals surface area (Å²) < 4.78 is 5.59. The Labute approximate surface area is 119 Å². The number of phenolic OH excluding ortho intramolecular Hbond substituents is 2. The number of benzene rings is 1. The molecule has 1 aliphatic heterocycles. The van der Waals surface area contributed by atoms with E-state index in [1.807, 2.05) is 0 Å². The SMILES string of the molecule is O=C1CC(=O)C2C(=O)C=C(c3ccc(O)c(O)c3)OC2C1. The molecule has 0 bridgehead atoms. The molecule has 21 heavy (non-hydrogen) atoms. The van der Waals surface area contributed by atoms with Crippen molar-refractivity contribution in [2.45, 2.75) is 18.9 Å². The minimum Gasteiger partial charge on any atom is -0.504 e. The van der Waals surface area contributed by atoms with Crippen LogP contribution in [0.2, 0.25) is 0 Å². The van der Waals surface area contributed by atoms with Crippen LogP contribution in [0.25, 0.3) is 5.76 Å². The van der Waals surface area contributed by atoms with Crippen LogP contribution < -0.4 is 0 Å². The van der Waals surface area contributed by atoms with Crippen molar-refractivity contribution in [1.29, 1.82) is 0 Å². The Balaban J connectivity index is 1.96. The summed E-state index contributed by atoms with van der Waals surface area (Å²) in [6.07, 6.45) is 0.200. The smallest absolute Gasteiger partial charge is 0.173 e. The number of allylic oxidation sites excluding steroid dienone is 1. The summed E-state index contributed by atoms with van der Waals surface area (Å²) in [6, 6.07) is 3.99. The Hall–Kier alpha value is -2.63. The molecule has 2 atom stereocenters. The summed E-state index contributed by atoms with van der Waals surface area (Å²) in [7, 11) is 0. The number of Topliss-reactive ketones (excluding diaryl/α,β-unsaturated/α-hetero) is 2. The summed E-state index contributed by atoms with van der Waals surface area (Å²) in [5, 5.41) is 18.8. The van der Waals surface area contributed by atoms with E-state index >= 15 is 0 Å². The number of aromatic hydroxyl groups is 2. The van der Waals surface area contributed by atoms with Gasteiger partial charge in [-0.05, 0) is 18.2 Å². The average Bonchev–Trinajstić information content (AvgIpc) is 2.40. The van der Waals surface area contributed by atoms with E-state index < -0.39 is 23.6 Å². The van der Waals surface area contributed by atoms with E-state index in [4.69, 9.17) is 4.74 Å². The third kappa shape index (κ3) is 2.29.